The molecule has 8 heteroatoms. The molecule has 17 heavy (non-hydrogen) atoms. The Morgan fingerprint density at radius 3 is 3.18 bits per heavy atom. The Labute approximate surface area is 102 Å². The normalized spacial score (nSPS) is 10.4. The lowest BCUT2D eigenvalue weighted by Crippen LogP contribution is -2.34. The molecule has 0 spiro atoms. The van der Waals surface area contributed by atoms with Crippen LogP contribution in [-0.2, 0) is 6.54 Å². The Morgan fingerprint density at radius 1 is 1.59 bits per heavy atom. The van der Waals surface area contributed by atoms with Crippen LogP contribution in [0.15, 0.2) is 12.7 Å². The maximum atomic E-state index is 11.0. The zero-order valence-electron chi connectivity index (χ0n) is 9.23. The van der Waals surface area contributed by atoms with Crippen molar-refractivity contribution in [3.8, 4) is 0 Å². The summed E-state index contributed by atoms with van der Waals surface area (Å²) < 4.78 is 2.35. The Balaban J connectivity index is 2.12. The van der Waals surface area contributed by atoms with Crippen molar-refractivity contribution in [3.05, 3.63) is 17.3 Å². The lowest BCUT2D eigenvalue weighted by Gasteiger charge is -2.05. The molecule has 2 amide bonds. The van der Waals surface area contributed by atoms with Crippen LogP contribution in [0.25, 0.3) is 11.2 Å². The van der Waals surface area contributed by atoms with Crippen LogP contribution >= 0.6 is 12.2 Å². The molecule has 2 aromatic heterocycles. The largest absolute Gasteiger partial charge is 0.341 e. The summed E-state index contributed by atoms with van der Waals surface area (Å²) in [6, 6.07) is -0.205. The van der Waals surface area contributed by atoms with Crippen molar-refractivity contribution in [2.45, 2.75) is 6.54 Å². The second kappa shape index (κ2) is 4.91. The Kier molecular flexibility index (Phi) is 3.33. The minimum atomic E-state index is -0.205. The highest BCUT2D eigenvalue weighted by Crippen LogP contribution is 2.08. The first-order valence-electron chi connectivity index (χ1n) is 5.06. The smallest absolute Gasteiger partial charge is 0.314 e. The van der Waals surface area contributed by atoms with Crippen LogP contribution in [0.4, 0.5) is 4.79 Å². The number of amides is 2. The number of H-pyrrole nitrogens is 1. The van der Waals surface area contributed by atoms with Gasteiger partial charge in [-0.1, -0.05) is 12.2 Å². The van der Waals surface area contributed by atoms with Gasteiger partial charge in [0.25, 0.3) is 0 Å². The van der Waals surface area contributed by atoms with Crippen LogP contribution in [0.1, 0.15) is 0 Å². The van der Waals surface area contributed by atoms with Crippen molar-refractivity contribution in [1.82, 2.24) is 30.2 Å². The minimum Gasteiger partial charge on any atom is -0.341 e. The molecule has 0 bridgehead atoms. The Bertz CT molecular complexity index is 588. The van der Waals surface area contributed by atoms with Gasteiger partial charge in [0.05, 0.1) is 12.7 Å². The second-order valence-electron chi connectivity index (χ2n) is 3.35. The van der Waals surface area contributed by atoms with Crippen molar-refractivity contribution in [3.63, 3.8) is 0 Å². The number of nitrogens with one attached hydrogen (secondary N) is 3. The molecule has 0 aliphatic rings. The summed E-state index contributed by atoms with van der Waals surface area (Å²) >= 11 is 5.05. The third-order valence-corrected chi connectivity index (χ3v) is 2.59. The fraction of sp³-hybridized carbons (Fsp3) is 0.333. The van der Waals surface area contributed by atoms with Gasteiger partial charge in [-0.2, -0.15) is 0 Å². The van der Waals surface area contributed by atoms with E-state index in [4.69, 9.17) is 12.2 Å². The first-order valence-corrected chi connectivity index (χ1v) is 5.47. The molecule has 2 heterocycles. The van der Waals surface area contributed by atoms with Crippen LogP contribution in [0.5, 0.6) is 0 Å². The molecule has 0 aliphatic carbocycles. The van der Waals surface area contributed by atoms with Crippen LogP contribution in [0.2, 0.25) is 0 Å². The monoisotopic (exact) mass is 252 g/mol. The Hall–Kier alpha value is -1.96. The lowest BCUT2D eigenvalue weighted by molar-refractivity contribution is 0.242. The van der Waals surface area contributed by atoms with Crippen LogP contribution < -0.4 is 10.6 Å². The highest BCUT2D eigenvalue weighted by atomic mass is 32.1. The van der Waals surface area contributed by atoms with Crippen LogP contribution in [0.3, 0.4) is 0 Å². The standard InChI is InChI=1S/C9H12N6OS/c1-10-9(16)11-2-3-15-5-14-6-7(15)12-4-13-8(6)17/h4-5H,2-3H2,1H3,(H2,10,11,16)(H,12,13,17). The topological polar surface area (TPSA) is 87.6 Å². The number of imidazole rings is 1. The summed E-state index contributed by atoms with van der Waals surface area (Å²) in [5.74, 6) is 0. The highest BCUT2D eigenvalue weighted by molar-refractivity contribution is 7.71. The van der Waals surface area contributed by atoms with Gasteiger partial charge in [-0.3, -0.25) is 0 Å². The van der Waals surface area contributed by atoms with Crippen molar-refractivity contribution in [1.29, 1.82) is 0 Å². The van der Waals surface area contributed by atoms with Gasteiger partial charge in [0.2, 0.25) is 0 Å². The van der Waals surface area contributed by atoms with Gasteiger partial charge >= 0.3 is 6.03 Å². The van der Waals surface area contributed by atoms with E-state index in [9.17, 15) is 4.79 Å². The average Bonchev–Trinajstić information content (AvgIpc) is 2.74. The summed E-state index contributed by atoms with van der Waals surface area (Å²) in [7, 11) is 1.57. The van der Waals surface area contributed by atoms with Gasteiger partial charge in [-0.15, -0.1) is 0 Å². The van der Waals surface area contributed by atoms with Crippen molar-refractivity contribution < 1.29 is 4.79 Å². The number of carbonyl (C=O) groups is 1. The zero-order chi connectivity index (χ0) is 12.3. The molecule has 3 N–H and O–H groups in total. The molecule has 0 atom stereocenters. The molecule has 90 valence electrons. The number of hydrogen-bond acceptors (Lipinski definition) is 4. The molecule has 0 unspecified atom stereocenters. The number of aromatic amines is 1. The molecule has 0 fully saturated rings. The molecule has 7 nitrogen and oxygen atoms in total. The fourth-order valence-corrected chi connectivity index (χ4v) is 1.65. The molecule has 0 aliphatic heterocycles. The highest BCUT2D eigenvalue weighted by Gasteiger charge is 2.04. The summed E-state index contributed by atoms with van der Waals surface area (Å²) in [6.45, 7) is 1.12. The van der Waals surface area contributed by atoms with Gasteiger partial charge in [0.1, 0.15) is 11.2 Å². The third kappa shape index (κ3) is 2.41. The van der Waals surface area contributed by atoms with Crippen molar-refractivity contribution in [2.24, 2.45) is 0 Å². The number of hydrogen-bond donors (Lipinski definition) is 3. The molecular weight excluding hydrogens is 240 g/mol. The van der Waals surface area contributed by atoms with Crippen LogP contribution in [-0.4, -0.2) is 39.1 Å². The minimum absolute atomic E-state index is 0.205. The van der Waals surface area contributed by atoms with Crippen LogP contribution in [0, 0.1) is 4.64 Å². The van der Waals surface area contributed by atoms with E-state index in [1.165, 1.54) is 6.33 Å². The number of urea groups is 1. The van der Waals surface area contributed by atoms with E-state index < -0.39 is 0 Å². The van der Waals surface area contributed by atoms with E-state index in [1.807, 2.05) is 4.57 Å². The van der Waals surface area contributed by atoms with Gasteiger partial charge in [-0.05, 0) is 0 Å². The Morgan fingerprint density at radius 2 is 2.41 bits per heavy atom. The van der Waals surface area contributed by atoms with E-state index in [1.54, 1.807) is 13.4 Å². The second-order valence-corrected chi connectivity index (χ2v) is 3.74. The van der Waals surface area contributed by atoms with E-state index in [0.717, 1.165) is 5.65 Å². The summed E-state index contributed by atoms with van der Waals surface area (Å²) in [6.07, 6.45) is 3.21. The average molecular weight is 252 g/mol. The zero-order valence-corrected chi connectivity index (χ0v) is 10.0. The predicted octanol–water partition coefficient (Wildman–Crippen LogP) is 0.418. The molecule has 0 saturated heterocycles. The van der Waals surface area contributed by atoms with Crippen molar-refractivity contribution in [2.75, 3.05) is 13.6 Å². The van der Waals surface area contributed by atoms with Gasteiger partial charge in [0, 0.05) is 20.1 Å². The van der Waals surface area contributed by atoms with E-state index in [0.29, 0.717) is 23.2 Å². The van der Waals surface area contributed by atoms with Gasteiger partial charge in [-0.25, -0.2) is 14.8 Å². The summed E-state index contributed by atoms with van der Waals surface area (Å²) in [5, 5.41) is 5.18. The summed E-state index contributed by atoms with van der Waals surface area (Å²) in [5.41, 5.74) is 1.48. The lowest BCUT2D eigenvalue weighted by atomic mass is 10.5. The summed E-state index contributed by atoms with van der Waals surface area (Å²) in [4.78, 5) is 22.1. The van der Waals surface area contributed by atoms with E-state index in [2.05, 4.69) is 25.6 Å². The maximum absolute atomic E-state index is 11.0. The SMILES string of the molecule is CNC(=O)NCCn1cnc2c(=S)nc[nH]c21. The number of aromatic nitrogens is 4. The number of carbonyl (C=O) groups excluding carboxylic acids is 1. The number of nitrogens with zero attached hydrogens (tertiary/aromatic N) is 3. The number of fused-ring (bicyclic) bond motifs is 1. The first kappa shape index (κ1) is 11.5. The van der Waals surface area contributed by atoms with E-state index >= 15 is 0 Å². The predicted molar refractivity (Wildman–Crippen MR) is 65.2 cm³/mol. The number of rotatable bonds is 3. The molecule has 2 aromatic rings. The maximum Gasteiger partial charge on any atom is 0.314 e. The third-order valence-electron chi connectivity index (χ3n) is 2.29. The van der Waals surface area contributed by atoms with Gasteiger partial charge < -0.3 is 20.2 Å². The molecule has 0 radical (unpaired) electrons. The van der Waals surface area contributed by atoms with Crippen molar-refractivity contribution >= 4 is 29.4 Å². The van der Waals surface area contributed by atoms with E-state index in [-0.39, 0.29) is 6.03 Å². The van der Waals surface area contributed by atoms with Gasteiger partial charge in [0.15, 0.2) is 4.64 Å². The molecular formula is C9H12N6OS. The molecule has 2 rings (SSSR count). The molecule has 0 saturated carbocycles. The quantitative estimate of drug-likeness (QED) is 0.691. The fourth-order valence-electron chi connectivity index (χ4n) is 1.45. The molecule has 0 aromatic carbocycles. The first-order chi connectivity index (χ1) is 8.22.